The first-order chi connectivity index (χ1) is 13.1. The predicted octanol–water partition coefficient (Wildman–Crippen LogP) is 3.14. The number of carbonyl (C=O) groups is 1. The van der Waals surface area contributed by atoms with Crippen LogP contribution in [0.4, 0.5) is 0 Å². The first-order valence-corrected chi connectivity index (χ1v) is 9.69. The Balaban J connectivity index is 1.45. The van der Waals surface area contributed by atoms with Crippen molar-refractivity contribution in [3.63, 3.8) is 0 Å². The third-order valence-electron chi connectivity index (χ3n) is 5.23. The molecular formula is C21H25N5O. The van der Waals surface area contributed by atoms with Gasteiger partial charge in [0.15, 0.2) is 0 Å². The number of benzene rings is 1. The number of hydrogen-bond acceptors (Lipinski definition) is 4. The molecule has 4 rings (SSSR count). The van der Waals surface area contributed by atoms with Gasteiger partial charge < -0.3 is 9.88 Å². The Labute approximate surface area is 159 Å². The van der Waals surface area contributed by atoms with Crippen molar-refractivity contribution in [2.75, 3.05) is 6.54 Å². The molecular weight excluding hydrogens is 338 g/mol. The Bertz CT molecular complexity index is 992. The Kier molecular flexibility index (Phi) is 4.88. The lowest BCUT2D eigenvalue weighted by atomic mass is 10.1. The van der Waals surface area contributed by atoms with E-state index in [0.717, 1.165) is 46.8 Å². The van der Waals surface area contributed by atoms with Gasteiger partial charge in [-0.15, -0.1) is 10.2 Å². The van der Waals surface area contributed by atoms with E-state index in [1.54, 1.807) is 0 Å². The van der Waals surface area contributed by atoms with Crippen LogP contribution in [0.3, 0.4) is 0 Å². The SMILES string of the molecule is Cc1ccc2nc(C)c(C(=O)NCCc3nnc4n3CCCCC4)cc2c1. The van der Waals surface area contributed by atoms with Gasteiger partial charge in [-0.3, -0.25) is 9.78 Å². The number of pyridine rings is 1. The number of hydrogen-bond donors (Lipinski definition) is 1. The largest absolute Gasteiger partial charge is 0.352 e. The van der Waals surface area contributed by atoms with E-state index in [1.807, 2.05) is 32.0 Å². The lowest BCUT2D eigenvalue weighted by molar-refractivity contribution is 0.0953. The lowest BCUT2D eigenvalue weighted by Gasteiger charge is -2.10. The van der Waals surface area contributed by atoms with Gasteiger partial charge in [0.05, 0.1) is 16.8 Å². The molecule has 0 fully saturated rings. The van der Waals surface area contributed by atoms with Crippen molar-refractivity contribution in [3.05, 3.63) is 52.7 Å². The summed E-state index contributed by atoms with van der Waals surface area (Å²) in [6.45, 7) is 5.45. The molecule has 3 heterocycles. The standard InChI is InChI=1S/C21H25N5O/c1-14-7-8-18-16(12-14)13-17(15(2)23-18)21(27)22-10-9-20-25-24-19-6-4-3-5-11-26(19)20/h7-8,12-13H,3-6,9-11H2,1-2H3,(H,22,27). The maximum absolute atomic E-state index is 12.7. The number of amides is 1. The van der Waals surface area contributed by atoms with E-state index in [9.17, 15) is 4.79 Å². The molecule has 2 aromatic heterocycles. The van der Waals surface area contributed by atoms with Gasteiger partial charge in [0, 0.05) is 31.3 Å². The molecule has 6 heteroatoms. The summed E-state index contributed by atoms with van der Waals surface area (Å²) in [7, 11) is 0. The fourth-order valence-corrected chi connectivity index (χ4v) is 3.74. The summed E-state index contributed by atoms with van der Waals surface area (Å²) in [5.41, 5.74) is 3.46. The summed E-state index contributed by atoms with van der Waals surface area (Å²) in [4.78, 5) is 17.2. The van der Waals surface area contributed by atoms with E-state index in [2.05, 4.69) is 31.1 Å². The zero-order chi connectivity index (χ0) is 18.8. The van der Waals surface area contributed by atoms with Crippen LogP contribution in [0.25, 0.3) is 10.9 Å². The zero-order valence-electron chi connectivity index (χ0n) is 16.0. The summed E-state index contributed by atoms with van der Waals surface area (Å²) < 4.78 is 2.23. The Morgan fingerprint density at radius 3 is 2.93 bits per heavy atom. The highest BCUT2D eigenvalue weighted by Gasteiger charge is 2.16. The van der Waals surface area contributed by atoms with Gasteiger partial charge in [-0.1, -0.05) is 18.1 Å². The number of nitrogens with zero attached hydrogens (tertiary/aromatic N) is 4. The molecule has 1 N–H and O–H groups in total. The van der Waals surface area contributed by atoms with E-state index in [0.29, 0.717) is 18.5 Å². The van der Waals surface area contributed by atoms with Crippen LogP contribution in [-0.2, 0) is 19.4 Å². The molecule has 0 atom stereocenters. The first kappa shape index (κ1) is 17.6. The molecule has 0 bridgehead atoms. The molecule has 3 aromatic rings. The molecule has 1 aliphatic heterocycles. The van der Waals surface area contributed by atoms with Crippen LogP contribution in [0.2, 0.25) is 0 Å². The molecule has 0 spiro atoms. The molecule has 1 aliphatic rings. The Morgan fingerprint density at radius 1 is 1.15 bits per heavy atom. The summed E-state index contributed by atoms with van der Waals surface area (Å²) in [6.07, 6.45) is 5.29. The van der Waals surface area contributed by atoms with Crippen molar-refractivity contribution < 1.29 is 4.79 Å². The van der Waals surface area contributed by atoms with Crippen molar-refractivity contribution in [1.82, 2.24) is 25.1 Å². The van der Waals surface area contributed by atoms with E-state index in [4.69, 9.17) is 0 Å². The summed E-state index contributed by atoms with van der Waals surface area (Å²) >= 11 is 0. The third-order valence-corrected chi connectivity index (χ3v) is 5.23. The van der Waals surface area contributed by atoms with Crippen LogP contribution < -0.4 is 5.32 Å². The minimum absolute atomic E-state index is 0.0842. The highest BCUT2D eigenvalue weighted by atomic mass is 16.1. The zero-order valence-corrected chi connectivity index (χ0v) is 16.0. The fourth-order valence-electron chi connectivity index (χ4n) is 3.74. The summed E-state index contributed by atoms with van der Waals surface area (Å²) in [6, 6.07) is 8.03. The minimum Gasteiger partial charge on any atom is -0.352 e. The van der Waals surface area contributed by atoms with Gasteiger partial charge >= 0.3 is 0 Å². The van der Waals surface area contributed by atoms with Gasteiger partial charge in [-0.2, -0.15) is 0 Å². The monoisotopic (exact) mass is 363 g/mol. The molecule has 1 aromatic carbocycles. The highest BCUT2D eigenvalue weighted by Crippen LogP contribution is 2.18. The second-order valence-electron chi connectivity index (χ2n) is 7.32. The smallest absolute Gasteiger partial charge is 0.253 e. The topological polar surface area (TPSA) is 72.7 Å². The van der Waals surface area contributed by atoms with Crippen molar-refractivity contribution >= 4 is 16.8 Å². The van der Waals surface area contributed by atoms with Crippen LogP contribution >= 0.6 is 0 Å². The van der Waals surface area contributed by atoms with Gasteiger partial charge in [0.1, 0.15) is 11.6 Å². The maximum Gasteiger partial charge on any atom is 0.253 e. The van der Waals surface area contributed by atoms with Crippen molar-refractivity contribution in [3.8, 4) is 0 Å². The number of nitrogens with one attached hydrogen (secondary N) is 1. The highest BCUT2D eigenvalue weighted by molar-refractivity contribution is 5.98. The Hall–Kier alpha value is -2.76. The minimum atomic E-state index is -0.0842. The van der Waals surface area contributed by atoms with Gasteiger partial charge in [-0.05, 0) is 44.9 Å². The van der Waals surface area contributed by atoms with Crippen LogP contribution in [0.1, 0.15) is 52.5 Å². The van der Waals surface area contributed by atoms with Gasteiger partial charge in [0.2, 0.25) is 0 Å². The van der Waals surface area contributed by atoms with Gasteiger partial charge in [0.25, 0.3) is 5.91 Å². The number of rotatable bonds is 4. The van der Waals surface area contributed by atoms with E-state index in [1.165, 1.54) is 19.3 Å². The summed E-state index contributed by atoms with van der Waals surface area (Å²) in [5.74, 6) is 1.97. The molecule has 0 unspecified atom stereocenters. The lowest BCUT2D eigenvalue weighted by Crippen LogP contribution is -2.27. The Morgan fingerprint density at radius 2 is 2.04 bits per heavy atom. The fraction of sp³-hybridized carbons (Fsp3) is 0.429. The molecule has 0 saturated carbocycles. The molecule has 0 aliphatic carbocycles. The van der Waals surface area contributed by atoms with Crippen LogP contribution in [0.5, 0.6) is 0 Å². The predicted molar refractivity (Wildman–Crippen MR) is 105 cm³/mol. The molecule has 0 radical (unpaired) electrons. The summed E-state index contributed by atoms with van der Waals surface area (Å²) in [5, 5.41) is 12.7. The second kappa shape index (κ2) is 7.47. The maximum atomic E-state index is 12.7. The van der Waals surface area contributed by atoms with E-state index >= 15 is 0 Å². The number of carbonyl (C=O) groups excluding carboxylic acids is 1. The quantitative estimate of drug-likeness (QED) is 0.773. The first-order valence-electron chi connectivity index (χ1n) is 9.69. The van der Waals surface area contributed by atoms with Gasteiger partial charge in [-0.25, -0.2) is 0 Å². The van der Waals surface area contributed by atoms with E-state index < -0.39 is 0 Å². The number of aromatic nitrogens is 4. The van der Waals surface area contributed by atoms with Crippen LogP contribution in [0, 0.1) is 13.8 Å². The van der Waals surface area contributed by atoms with Crippen LogP contribution in [0.15, 0.2) is 24.3 Å². The van der Waals surface area contributed by atoms with Crippen molar-refractivity contribution in [2.45, 2.75) is 52.5 Å². The third kappa shape index (κ3) is 3.70. The van der Waals surface area contributed by atoms with Crippen molar-refractivity contribution in [1.29, 1.82) is 0 Å². The second-order valence-corrected chi connectivity index (χ2v) is 7.32. The number of aryl methyl sites for hydroxylation is 3. The molecule has 140 valence electrons. The number of fused-ring (bicyclic) bond motifs is 2. The molecule has 27 heavy (non-hydrogen) atoms. The molecule has 0 saturated heterocycles. The van der Waals surface area contributed by atoms with Crippen molar-refractivity contribution in [2.24, 2.45) is 0 Å². The van der Waals surface area contributed by atoms with Crippen LogP contribution in [-0.4, -0.2) is 32.2 Å². The molecule has 1 amide bonds. The average Bonchev–Trinajstić information content (AvgIpc) is 2.88. The van der Waals surface area contributed by atoms with E-state index in [-0.39, 0.29) is 5.91 Å². The normalized spacial score (nSPS) is 14.0. The molecule has 6 nitrogen and oxygen atoms in total. The average molecular weight is 363 g/mol.